The molecule has 1 saturated heterocycles. The molecule has 0 aromatic carbocycles. The molecule has 18 heavy (non-hydrogen) atoms. The molecule has 0 bridgehead atoms. The summed E-state index contributed by atoms with van der Waals surface area (Å²) in [6.07, 6.45) is 5.69. The second-order valence-corrected chi connectivity index (χ2v) is 7.54. The maximum Gasteiger partial charge on any atom is 0.279 e. The quantitative estimate of drug-likeness (QED) is 0.800. The minimum absolute atomic E-state index is 0.0419. The van der Waals surface area contributed by atoms with Crippen molar-refractivity contribution in [3.8, 4) is 0 Å². The van der Waals surface area contributed by atoms with Gasteiger partial charge in [-0.05, 0) is 25.7 Å². The topological polar surface area (TPSA) is 69.6 Å². The molecule has 2 aliphatic rings. The van der Waals surface area contributed by atoms with Crippen LogP contribution in [0.4, 0.5) is 0 Å². The number of aliphatic hydroxyl groups excluding tert-OH is 1. The van der Waals surface area contributed by atoms with Gasteiger partial charge in [0, 0.05) is 31.2 Å². The first-order valence-corrected chi connectivity index (χ1v) is 8.30. The average molecular weight is 276 g/mol. The Morgan fingerprint density at radius 2 is 1.94 bits per heavy atom. The molecule has 2 N–H and O–H groups in total. The van der Waals surface area contributed by atoms with Crippen LogP contribution in [0.15, 0.2) is 0 Å². The molecule has 0 aromatic heterocycles. The van der Waals surface area contributed by atoms with E-state index in [1.165, 1.54) is 0 Å². The monoisotopic (exact) mass is 276 g/mol. The average Bonchev–Trinajstić information content (AvgIpc) is 2.72. The lowest BCUT2D eigenvalue weighted by Gasteiger charge is -2.33. The summed E-state index contributed by atoms with van der Waals surface area (Å²) in [5, 5.41) is 9.45. The Labute approximate surface area is 110 Å². The van der Waals surface area contributed by atoms with E-state index in [2.05, 4.69) is 4.72 Å². The molecule has 6 heteroatoms. The first-order valence-electron chi connectivity index (χ1n) is 6.86. The standard InChI is InChI=1S/C12H24N2O3S/c1-12(10-15)7-5-6-11(12)13-18(16,17)14-8-3-2-4-9-14/h11,13,15H,2-10H2,1H3. The van der Waals surface area contributed by atoms with Crippen LogP contribution in [0.3, 0.4) is 0 Å². The zero-order valence-corrected chi connectivity index (χ0v) is 11.9. The molecule has 5 nitrogen and oxygen atoms in total. The van der Waals surface area contributed by atoms with Crippen LogP contribution in [0.1, 0.15) is 45.4 Å². The minimum atomic E-state index is -3.38. The van der Waals surface area contributed by atoms with Crippen molar-refractivity contribution < 1.29 is 13.5 Å². The highest BCUT2D eigenvalue weighted by molar-refractivity contribution is 7.87. The lowest BCUT2D eigenvalue weighted by atomic mass is 9.86. The van der Waals surface area contributed by atoms with E-state index in [9.17, 15) is 13.5 Å². The summed E-state index contributed by atoms with van der Waals surface area (Å²) in [6, 6.07) is -0.130. The number of nitrogens with zero attached hydrogens (tertiary/aromatic N) is 1. The maximum absolute atomic E-state index is 12.3. The van der Waals surface area contributed by atoms with Crippen LogP contribution in [0.25, 0.3) is 0 Å². The van der Waals surface area contributed by atoms with Gasteiger partial charge in [0.2, 0.25) is 0 Å². The molecule has 2 unspecified atom stereocenters. The maximum atomic E-state index is 12.3. The number of rotatable bonds is 4. The summed E-state index contributed by atoms with van der Waals surface area (Å²) in [5.41, 5.74) is -0.303. The van der Waals surface area contributed by atoms with Crippen molar-refractivity contribution in [1.29, 1.82) is 0 Å². The van der Waals surface area contributed by atoms with Crippen LogP contribution >= 0.6 is 0 Å². The third-order valence-electron chi connectivity index (χ3n) is 4.39. The number of piperidine rings is 1. The molecule has 2 rings (SSSR count). The van der Waals surface area contributed by atoms with Crippen molar-refractivity contribution in [2.75, 3.05) is 19.7 Å². The molecule has 0 spiro atoms. The van der Waals surface area contributed by atoms with Crippen LogP contribution in [0.5, 0.6) is 0 Å². The number of nitrogens with one attached hydrogen (secondary N) is 1. The fourth-order valence-corrected chi connectivity index (χ4v) is 4.63. The van der Waals surface area contributed by atoms with Crippen LogP contribution < -0.4 is 4.72 Å². The third kappa shape index (κ3) is 2.87. The lowest BCUT2D eigenvalue weighted by Crippen LogP contribution is -2.51. The molecule has 1 aliphatic carbocycles. The van der Waals surface area contributed by atoms with Crippen molar-refractivity contribution >= 4 is 10.2 Å². The molecule has 1 aliphatic heterocycles. The molecular weight excluding hydrogens is 252 g/mol. The van der Waals surface area contributed by atoms with Crippen molar-refractivity contribution in [3.05, 3.63) is 0 Å². The molecule has 0 amide bonds. The van der Waals surface area contributed by atoms with Gasteiger partial charge in [-0.3, -0.25) is 0 Å². The smallest absolute Gasteiger partial charge is 0.279 e. The van der Waals surface area contributed by atoms with Gasteiger partial charge in [-0.25, -0.2) is 0 Å². The van der Waals surface area contributed by atoms with Gasteiger partial charge in [0.05, 0.1) is 0 Å². The van der Waals surface area contributed by atoms with Crippen LogP contribution in [0, 0.1) is 5.41 Å². The molecule has 1 heterocycles. The Balaban J connectivity index is 2.03. The van der Waals surface area contributed by atoms with E-state index in [0.717, 1.165) is 38.5 Å². The highest BCUT2D eigenvalue weighted by Gasteiger charge is 2.41. The summed E-state index contributed by atoms with van der Waals surface area (Å²) < 4.78 is 28.9. The van der Waals surface area contributed by atoms with Crippen molar-refractivity contribution in [1.82, 2.24) is 9.03 Å². The minimum Gasteiger partial charge on any atom is -0.396 e. The highest BCUT2D eigenvalue weighted by Crippen LogP contribution is 2.37. The van der Waals surface area contributed by atoms with E-state index >= 15 is 0 Å². The van der Waals surface area contributed by atoms with Crippen molar-refractivity contribution in [3.63, 3.8) is 0 Å². The Kier molecular flexibility index (Phi) is 4.31. The Morgan fingerprint density at radius 3 is 2.56 bits per heavy atom. The molecule has 106 valence electrons. The van der Waals surface area contributed by atoms with Crippen LogP contribution in [-0.4, -0.2) is 43.6 Å². The van der Waals surface area contributed by atoms with E-state index in [4.69, 9.17) is 0 Å². The molecular formula is C12H24N2O3S. The van der Waals surface area contributed by atoms with Crippen LogP contribution in [0.2, 0.25) is 0 Å². The zero-order chi connectivity index (χ0) is 13.2. The molecule has 2 atom stereocenters. The van der Waals surface area contributed by atoms with E-state index in [0.29, 0.717) is 13.1 Å². The van der Waals surface area contributed by atoms with Gasteiger partial charge in [-0.1, -0.05) is 19.8 Å². The SMILES string of the molecule is CC1(CO)CCCC1NS(=O)(=O)N1CCCCC1. The van der Waals surface area contributed by atoms with Crippen LogP contribution in [-0.2, 0) is 10.2 Å². The summed E-state index contributed by atoms with van der Waals surface area (Å²) in [7, 11) is -3.38. The summed E-state index contributed by atoms with van der Waals surface area (Å²) in [6.45, 7) is 3.25. The summed E-state index contributed by atoms with van der Waals surface area (Å²) in [5.74, 6) is 0. The largest absolute Gasteiger partial charge is 0.396 e. The van der Waals surface area contributed by atoms with E-state index in [1.807, 2.05) is 6.92 Å². The Bertz CT molecular complexity index is 379. The third-order valence-corrected chi connectivity index (χ3v) is 6.02. The van der Waals surface area contributed by atoms with Gasteiger partial charge in [0.25, 0.3) is 10.2 Å². The van der Waals surface area contributed by atoms with Gasteiger partial charge in [-0.15, -0.1) is 0 Å². The highest BCUT2D eigenvalue weighted by atomic mass is 32.2. The molecule has 0 aromatic rings. The fourth-order valence-electron chi connectivity index (χ4n) is 2.98. The van der Waals surface area contributed by atoms with Gasteiger partial charge in [0.15, 0.2) is 0 Å². The molecule has 2 fully saturated rings. The van der Waals surface area contributed by atoms with E-state index in [1.54, 1.807) is 4.31 Å². The second-order valence-electron chi connectivity index (χ2n) is 5.84. The number of hydrogen-bond acceptors (Lipinski definition) is 3. The van der Waals surface area contributed by atoms with E-state index < -0.39 is 10.2 Å². The second kappa shape index (κ2) is 5.45. The molecule has 0 radical (unpaired) electrons. The van der Waals surface area contributed by atoms with Crippen molar-refractivity contribution in [2.45, 2.75) is 51.5 Å². The first-order chi connectivity index (χ1) is 8.48. The zero-order valence-electron chi connectivity index (χ0n) is 11.1. The predicted molar refractivity (Wildman–Crippen MR) is 70.3 cm³/mol. The Hall–Kier alpha value is -0.170. The fraction of sp³-hybridized carbons (Fsp3) is 1.00. The van der Waals surface area contributed by atoms with E-state index in [-0.39, 0.29) is 18.1 Å². The molecule has 1 saturated carbocycles. The lowest BCUT2D eigenvalue weighted by molar-refractivity contribution is 0.126. The number of aliphatic hydroxyl groups is 1. The normalized spacial score (nSPS) is 34.9. The van der Waals surface area contributed by atoms with Gasteiger partial charge in [0.1, 0.15) is 0 Å². The van der Waals surface area contributed by atoms with Crippen molar-refractivity contribution in [2.24, 2.45) is 5.41 Å². The van der Waals surface area contributed by atoms with Gasteiger partial charge < -0.3 is 5.11 Å². The number of hydrogen-bond donors (Lipinski definition) is 2. The Morgan fingerprint density at radius 1 is 1.28 bits per heavy atom. The summed E-state index contributed by atoms with van der Waals surface area (Å²) >= 11 is 0. The first kappa shape index (κ1) is 14.2. The predicted octanol–water partition coefficient (Wildman–Crippen LogP) is 0.858. The van der Waals surface area contributed by atoms with Gasteiger partial charge in [-0.2, -0.15) is 17.4 Å². The summed E-state index contributed by atoms with van der Waals surface area (Å²) in [4.78, 5) is 0. The van der Waals surface area contributed by atoms with Gasteiger partial charge >= 0.3 is 0 Å².